The van der Waals surface area contributed by atoms with E-state index in [0.29, 0.717) is 4.88 Å². The number of ketones is 1. The van der Waals surface area contributed by atoms with Gasteiger partial charge in [0, 0.05) is 12.0 Å². The second-order valence-electron chi connectivity index (χ2n) is 3.40. The molecule has 1 aromatic carbocycles. The summed E-state index contributed by atoms with van der Waals surface area (Å²) in [7, 11) is 0. The summed E-state index contributed by atoms with van der Waals surface area (Å²) in [4.78, 5) is 12.3. The van der Waals surface area contributed by atoms with Crippen LogP contribution >= 0.6 is 27.3 Å². The van der Waals surface area contributed by atoms with Gasteiger partial charge in [0.05, 0.1) is 9.35 Å². The third kappa shape index (κ3) is 2.61. The van der Waals surface area contributed by atoms with Crippen molar-refractivity contribution in [3.63, 3.8) is 0 Å². The fourth-order valence-electron chi connectivity index (χ4n) is 1.42. The summed E-state index contributed by atoms with van der Waals surface area (Å²) >= 11 is 4.23. The molecule has 0 bridgehead atoms. The van der Waals surface area contributed by atoms with Gasteiger partial charge in [-0.1, -0.05) is 6.07 Å². The van der Waals surface area contributed by atoms with Gasteiger partial charge in [-0.05, 0) is 39.5 Å². The molecule has 0 aliphatic carbocycles. The Morgan fingerprint density at radius 2 is 2.06 bits per heavy atom. The van der Waals surface area contributed by atoms with Crippen molar-refractivity contribution in [3.8, 4) is 0 Å². The lowest BCUT2D eigenvalue weighted by Gasteiger charge is -2.05. The fraction of sp³-hybridized carbons (Fsp3) is 0.0833. The Hall–Kier alpha value is -1.07. The topological polar surface area (TPSA) is 17.1 Å². The summed E-state index contributed by atoms with van der Waals surface area (Å²) in [6, 6.07) is 5.79. The van der Waals surface area contributed by atoms with Crippen molar-refractivity contribution < 1.29 is 13.6 Å². The van der Waals surface area contributed by atoms with E-state index >= 15 is 0 Å². The highest BCUT2D eigenvalue weighted by molar-refractivity contribution is 9.10. The molecule has 2 aromatic rings. The summed E-state index contributed by atoms with van der Waals surface area (Å²) in [6.07, 6.45) is -0.266. The van der Waals surface area contributed by atoms with Crippen LogP contribution in [0.3, 0.4) is 0 Å². The molecule has 1 aromatic heterocycles. The van der Waals surface area contributed by atoms with Crippen LogP contribution in [-0.4, -0.2) is 5.78 Å². The lowest BCUT2D eigenvalue weighted by Crippen LogP contribution is -2.06. The summed E-state index contributed by atoms with van der Waals surface area (Å²) in [5.41, 5.74) is -0.197. The van der Waals surface area contributed by atoms with E-state index in [1.54, 1.807) is 17.5 Å². The van der Waals surface area contributed by atoms with Gasteiger partial charge in [-0.3, -0.25) is 4.79 Å². The molecule has 0 saturated heterocycles. The number of carbonyl (C=O) groups excluding carboxylic acids is 1. The van der Waals surface area contributed by atoms with Gasteiger partial charge >= 0.3 is 0 Å². The van der Waals surface area contributed by atoms with Crippen molar-refractivity contribution in [2.24, 2.45) is 0 Å². The molecule has 2 rings (SSSR count). The van der Waals surface area contributed by atoms with Gasteiger partial charge in [0.15, 0.2) is 5.78 Å². The molecular formula is C12H7BrF2OS. The first-order valence-electron chi connectivity index (χ1n) is 4.78. The second kappa shape index (κ2) is 5.06. The molecule has 0 spiro atoms. The molecule has 0 saturated carbocycles. The van der Waals surface area contributed by atoms with Gasteiger partial charge < -0.3 is 0 Å². The van der Waals surface area contributed by atoms with E-state index in [9.17, 15) is 13.6 Å². The first kappa shape index (κ1) is 12.4. The lowest BCUT2D eigenvalue weighted by molar-refractivity contribution is 0.0994. The summed E-state index contributed by atoms with van der Waals surface area (Å²) < 4.78 is 27.2. The van der Waals surface area contributed by atoms with Crippen LogP contribution in [0.15, 0.2) is 34.1 Å². The van der Waals surface area contributed by atoms with Gasteiger partial charge in [-0.2, -0.15) is 0 Å². The van der Waals surface area contributed by atoms with E-state index in [0.717, 1.165) is 6.07 Å². The molecule has 0 amide bonds. The van der Waals surface area contributed by atoms with E-state index in [4.69, 9.17) is 0 Å². The van der Waals surface area contributed by atoms with Crippen molar-refractivity contribution in [1.82, 2.24) is 0 Å². The largest absolute Gasteiger partial charge is 0.293 e. The third-order valence-electron chi connectivity index (χ3n) is 2.27. The maximum absolute atomic E-state index is 13.6. The van der Waals surface area contributed by atoms with Gasteiger partial charge in [0.25, 0.3) is 0 Å². The SMILES string of the molecule is O=C(Cc1c(F)ccc(Br)c1F)c1cccs1. The van der Waals surface area contributed by atoms with Crippen molar-refractivity contribution in [2.45, 2.75) is 6.42 Å². The van der Waals surface area contributed by atoms with E-state index in [1.165, 1.54) is 17.4 Å². The predicted octanol–water partition coefficient (Wildman–Crippen LogP) is 4.21. The molecule has 0 unspecified atom stereocenters. The predicted molar refractivity (Wildman–Crippen MR) is 66.4 cm³/mol. The monoisotopic (exact) mass is 316 g/mol. The average molecular weight is 317 g/mol. The number of hydrogen-bond acceptors (Lipinski definition) is 2. The highest BCUT2D eigenvalue weighted by Crippen LogP contribution is 2.23. The number of rotatable bonds is 3. The highest BCUT2D eigenvalue weighted by Gasteiger charge is 2.17. The van der Waals surface area contributed by atoms with E-state index in [1.807, 2.05) is 0 Å². The normalized spacial score (nSPS) is 10.5. The van der Waals surface area contributed by atoms with E-state index in [-0.39, 0.29) is 22.2 Å². The number of halogens is 3. The Kier molecular flexibility index (Phi) is 3.69. The van der Waals surface area contributed by atoms with Gasteiger partial charge in [0.1, 0.15) is 11.6 Å². The molecule has 0 radical (unpaired) electrons. The highest BCUT2D eigenvalue weighted by atomic mass is 79.9. The molecule has 5 heteroatoms. The fourth-order valence-corrected chi connectivity index (χ4v) is 2.45. The zero-order chi connectivity index (χ0) is 12.4. The van der Waals surface area contributed by atoms with Crippen molar-refractivity contribution in [3.05, 3.63) is 56.2 Å². The van der Waals surface area contributed by atoms with E-state index in [2.05, 4.69) is 15.9 Å². The third-order valence-corrected chi connectivity index (χ3v) is 3.80. The molecule has 0 atom stereocenters. The van der Waals surface area contributed by atoms with Crippen LogP contribution in [0.25, 0.3) is 0 Å². The van der Waals surface area contributed by atoms with Crippen LogP contribution in [0.5, 0.6) is 0 Å². The van der Waals surface area contributed by atoms with Crippen molar-refractivity contribution in [2.75, 3.05) is 0 Å². The lowest BCUT2D eigenvalue weighted by atomic mass is 10.1. The zero-order valence-corrected chi connectivity index (χ0v) is 10.9. The maximum atomic E-state index is 13.6. The van der Waals surface area contributed by atoms with Crippen LogP contribution in [-0.2, 0) is 6.42 Å². The number of thiophene rings is 1. The van der Waals surface area contributed by atoms with E-state index < -0.39 is 11.6 Å². The molecule has 0 fully saturated rings. The number of benzene rings is 1. The van der Waals surface area contributed by atoms with Crippen LogP contribution < -0.4 is 0 Å². The number of carbonyl (C=O) groups is 1. The summed E-state index contributed by atoms with van der Waals surface area (Å²) in [6.45, 7) is 0. The minimum Gasteiger partial charge on any atom is -0.293 e. The van der Waals surface area contributed by atoms with Crippen molar-refractivity contribution >= 4 is 33.0 Å². The standard InChI is InChI=1S/C12H7BrF2OS/c13-8-3-4-9(14)7(12(8)15)6-10(16)11-2-1-5-17-11/h1-5H,6H2. The minimum absolute atomic E-state index is 0.160. The van der Waals surface area contributed by atoms with Crippen LogP contribution in [0.4, 0.5) is 8.78 Å². The Morgan fingerprint density at radius 1 is 1.29 bits per heavy atom. The maximum Gasteiger partial charge on any atom is 0.177 e. The quantitative estimate of drug-likeness (QED) is 0.612. The molecule has 1 nitrogen and oxygen atoms in total. The molecule has 0 aliphatic rings. The summed E-state index contributed by atoms with van der Waals surface area (Å²) in [5.74, 6) is -1.69. The van der Waals surface area contributed by atoms with Crippen molar-refractivity contribution in [1.29, 1.82) is 0 Å². The van der Waals surface area contributed by atoms with Crippen LogP contribution in [0.2, 0.25) is 0 Å². The first-order valence-corrected chi connectivity index (χ1v) is 6.46. The average Bonchev–Trinajstić information content (AvgIpc) is 2.83. The second-order valence-corrected chi connectivity index (χ2v) is 5.20. The Bertz CT molecular complexity index is 552. The Labute approximate surface area is 109 Å². The minimum atomic E-state index is -0.713. The molecule has 1 heterocycles. The van der Waals surface area contributed by atoms with Crippen LogP contribution in [0.1, 0.15) is 15.2 Å². The molecular weight excluding hydrogens is 310 g/mol. The van der Waals surface area contributed by atoms with Gasteiger partial charge in [-0.15, -0.1) is 11.3 Å². The van der Waals surface area contributed by atoms with Gasteiger partial charge in [0.2, 0.25) is 0 Å². The first-order chi connectivity index (χ1) is 8.09. The molecule has 17 heavy (non-hydrogen) atoms. The molecule has 0 aliphatic heterocycles. The Balaban J connectivity index is 2.31. The molecule has 0 N–H and O–H groups in total. The van der Waals surface area contributed by atoms with Crippen LogP contribution in [0, 0.1) is 11.6 Å². The number of Topliss-reactive ketones (excluding diaryl/α,β-unsaturated/α-hetero) is 1. The summed E-state index contributed by atoms with van der Waals surface area (Å²) in [5, 5.41) is 1.75. The smallest absolute Gasteiger partial charge is 0.177 e. The zero-order valence-electron chi connectivity index (χ0n) is 8.54. The van der Waals surface area contributed by atoms with Gasteiger partial charge in [-0.25, -0.2) is 8.78 Å². The Morgan fingerprint density at radius 3 is 2.71 bits per heavy atom. The molecule has 88 valence electrons. The number of hydrogen-bond donors (Lipinski definition) is 0.